The molecule has 1 aromatic heterocycles. The van der Waals surface area contributed by atoms with E-state index in [9.17, 15) is 19.8 Å². The Bertz CT molecular complexity index is 1200. The Morgan fingerprint density at radius 2 is 1.86 bits per heavy atom. The zero-order valence-electron chi connectivity index (χ0n) is 15.3. The van der Waals surface area contributed by atoms with E-state index in [2.05, 4.69) is 15.6 Å². The Morgan fingerprint density at radius 3 is 2.52 bits per heavy atom. The van der Waals surface area contributed by atoms with E-state index in [0.717, 1.165) is 6.07 Å². The third kappa shape index (κ3) is 4.13. The number of aryl methyl sites for hydroxylation is 1. The molecule has 2 aromatic carbocycles. The molecule has 0 atom stereocenters. The average Bonchev–Trinajstić information content (AvgIpc) is 2.96. The van der Waals surface area contributed by atoms with Crippen molar-refractivity contribution in [2.75, 3.05) is 0 Å². The summed E-state index contributed by atoms with van der Waals surface area (Å²) in [6.45, 7) is 3.26. The molecule has 150 valence electrons. The van der Waals surface area contributed by atoms with Crippen molar-refractivity contribution < 1.29 is 15.0 Å². The van der Waals surface area contributed by atoms with Gasteiger partial charge in [-0.1, -0.05) is 23.2 Å². The summed E-state index contributed by atoms with van der Waals surface area (Å²) in [7, 11) is 0. The van der Waals surface area contributed by atoms with Crippen molar-refractivity contribution in [1.82, 2.24) is 15.2 Å². The third-order valence-corrected chi connectivity index (χ3v) is 4.88. The molecule has 29 heavy (non-hydrogen) atoms. The number of nitrogens with one attached hydrogen (secondary N) is 2. The number of hydrogen-bond acceptors (Lipinski definition) is 5. The van der Waals surface area contributed by atoms with Crippen LogP contribution < -0.4 is 11.0 Å². The first-order chi connectivity index (χ1) is 13.7. The van der Waals surface area contributed by atoms with Crippen LogP contribution in [0.25, 0.3) is 5.69 Å². The second-order valence-corrected chi connectivity index (χ2v) is 7.00. The summed E-state index contributed by atoms with van der Waals surface area (Å²) in [5, 5.41) is 26.6. The van der Waals surface area contributed by atoms with Gasteiger partial charge in [0.2, 0.25) is 0 Å². The predicted octanol–water partition coefficient (Wildman–Crippen LogP) is 3.35. The van der Waals surface area contributed by atoms with E-state index in [1.54, 1.807) is 32.0 Å². The first kappa shape index (κ1) is 20.5. The first-order valence-electron chi connectivity index (χ1n) is 8.33. The van der Waals surface area contributed by atoms with Gasteiger partial charge in [0.05, 0.1) is 32.6 Å². The van der Waals surface area contributed by atoms with Gasteiger partial charge < -0.3 is 10.2 Å². The SMILES string of the molecule is C/C(=N/NC(=O)c1ccc(O)cc1O)c1c(C)[nH]n(-c2ccc(Cl)c(Cl)c2)c1=O. The molecule has 0 aliphatic rings. The molecule has 0 bridgehead atoms. The van der Waals surface area contributed by atoms with Crippen molar-refractivity contribution in [1.29, 1.82) is 0 Å². The van der Waals surface area contributed by atoms with Crippen LogP contribution in [-0.4, -0.2) is 31.6 Å². The molecule has 0 aliphatic carbocycles. The number of amides is 1. The number of phenols is 2. The van der Waals surface area contributed by atoms with E-state index in [0.29, 0.717) is 21.4 Å². The van der Waals surface area contributed by atoms with Gasteiger partial charge in [0.1, 0.15) is 11.5 Å². The molecule has 4 N–H and O–H groups in total. The van der Waals surface area contributed by atoms with Gasteiger partial charge in [0.15, 0.2) is 0 Å². The van der Waals surface area contributed by atoms with E-state index in [4.69, 9.17) is 23.2 Å². The van der Waals surface area contributed by atoms with Gasteiger partial charge in [0, 0.05) is 11.8 Å². The molecule has 0 unspecified atom stereocenters. The van der Waals surface area contributed by atoms with Gasteiger partial charge >= 0.3 is 0 Å². The van der Waals surface area contributed by atoms with Gasteiger partial charge in [0.25, 0.3) is 11.5 Å². The Hall–Kier alpha value is -3.23. The van der Waals surface area contributed by atoms with Crippen LogP contribution in [0, 0.1) is 6.92 Å². The van der Waals surface area contributed by atoms with Crippen molar-refractivity contribution in [3.63, 3.8) is 0 Å². The predicted molar refractivity (Wildman–Crippen MR) is 111 cm³/mol. The number of aromatic nitrogens is 2. The summed E-state index contributed by atoms with van der Waals surface area (Å²) < 4.78 is 1.29. The molecule has 0 spiro atoms. The van der Waals surface area contributed by atoms with Gasteiger partial charge in [-0.15, -0.1) is 0 Å². The number of halogens is 2. The molecule has 0 fully saturated rings. The van der Waals surface area contributed by atoms with Crippen LogP contribution in [-0.2, 0) is 0 Å². The quantitative estimate of drug-likeness (QED) is 0.371. The molecule has 3 rings (SSSR count). The molecule has 0 saturated carbocycles. The number of benzene rings is 2. The number of aromatic hydroxyl groups is 2. The topological polar surface area (TPSA) is 120 Å². The van der Waals surface area contributed by atoms with Crippen LogP contribution in [0.3, 0.4) is 0 Å². The number of hydrazone groups is 1. The molecule has 8 nitrogen and oxygen atoms in total. The minimum Gasteiger partial charge on any atom is -0.508 e. The fourth-order valence-electron chi connectivity index (χ4n) is 2.74. The molecular formula is C19H16Cl2N4O4. The average molecular weight is 435 g/mol. The maximum Gasteiger partial charge on any atom is 0.280 e. The summed E-state index contributed by atoms with van der Waals surface area (Å²) in [4.78, 5) is 25.0. The lowest BCUT2D eigenvalue weighted by molar-refractivity contribution is 0.0952. The maximum absolute atomic E-state index is 12.8. The molecule has 1 amide bonds. The molecule has 3 aromatic rings. The number of hydrogen-bond donors (Lipinski definition) is 4. The fraction of sp³-hybridized carbons (Fsp3) is 0.105. The van der Waals surface area contributed by atoms with Gasteiger partial charge in [-0.25, -0.2) is 10.1 Å². The molecular weight excluding hydrogens is 419 g/mol. The lowest BCUT2D eigenvalue weighted by Gasteiger charge is -2.04. The van der Waals surface area contributed by atoms with Crippen LogP contribution in [0.15, 0.2) is 46.3 Å². The normalized spacial score (nSPS) is 11.5. The van der Waals surface area contributed by atoms with E-state index in [1.807, 2.05) is 0 Å². The molecule has 0 aliphatic heterocycles. The van der Waals surface area contributed by atoms with E-state index in [1.165, 1.54) is 16.8 Å². The number of aromatic amines is 1. The monoisotopic (exact) mass is 434 g/mol. The summed E-state index contributed by atoms with van der Waals surface area (Å²) >= 11 is 11.9. The summed E-state index contributed by atoms with van der Waals surface area (Å²) in [5.74, 6) is -1.26. The number of H-pyrrole nitrogens is 1. The summed E-state index contributed by atoms with van der Waals surface area (Å²) in [5.41, 5.74) is 3.38. The molecule has 10 heteroatoms. The van der Waals surface area contributed by atoms with E-state index < -0.39 is 11.7 Å². The van der Waals surface area contributed by atoms with E-state index in [-0.39, 0.29) is 28.1 Å². The summed E-state index contributed by atoms with van der Waals surface area (Å²) in [6, 6.07) is 8.32. The second-order valence-electron chi connectivity index (χ2n) is 6.19. The Kier molecular flexibility index (Phi) is 5.67. The van der Waals surface area contributed by atoms with Crippen LogP contribution in [0.2, 0.25) is 10.0 Å². The maximum atomic E-state index is 12.8. The third-order valence-electron chi connectivity index (χ3n) is 4.15. The minimum atomic E-state index is -0.695. The molecule has 1 heterocycles. The zero-order valence-corrected chi connectivity index (χ0v) is 16.8. The van der Waals surface area contributed by atoms with Crippen molar-refractivity contribution >= 4 is 34.8 Å². The number of rotatable bonds is 4. The van der Waals surface area contributed by atoms with Gasteiger partial charge in [-0.3, -0.25) is 14.7 Å². The molecule has 0 radical (unpaired) electrons. The fourth-order valence-corrected chi connectivity index (χ4v) is 3.03. The smallest absolute Gasteiger partial charge is 0.280 e. The number of carbonyl (C=O) groups excluding carboxylic acids is 1. The first-order valence-corrected chi connectivity index (χ1v) is 9.08. The minimum absolute atomic E-state index is 0.0710. The Morgan fingerprint density at radius 1 is 1.14 bits per heavy atom. The Labute approximate surface area is 175 Å². The van der Waals surface area contributed by atoms with Crippen molar-refractivity contribution in [2.24, 2.45) is 5.10 Å². The number of nitrogens with zero attached hydrogens (tertiary/aromatic N) is 2. The van der Waals surface area contributed by atoms with Gasteiger partial charge in [-0.2, -0.15) is 5.10 Å². The number of carbonyl (C=O) groups is 1. The summed E-state index contributed by atoms with van der Waals surface area (Å²) in [6.07, 6.45) is 0. The van der Waals surface area contributed by atoms with Gasteiger partial charge in [-0.05, 0) is 44.2 Å². The van der Waals surface area contributed by atoms with Crippen LogP contribution in [0.4, 0.5) is 0 Å². The second kappa shape index (κ2) is 8.02. The van der Waals surface area contributed by atoms with E-state index >= 15 is 0 Å². The standard InChI is InChI=1S/C19H16Cl2N4O4/c1-9(22-23-18(28)13-5-4-12(26)8-16(13)27)17-10(2)24-25(19(17)29)11-3-6-14(20)15(21)7-11/h3-8,24,26-27H,1-2H3,(H,23,28)/b22-9-. The van der Waals surface area contributed by atoms with Crippen LogP contribution in [0.1, 0.15) is 28.5 Å². The van der Waals surface area contributed by atoms with Crippen molar-refractivity contribution in [3.8, 4) is 17.2 Å². The highest BCUT2D eigenvalue weighted by atomic mass is 35.5. The highest BCUT2D eigenvalue weighted by molar-refractivity contribution is 6.42. The zero-order chi connectivity index (χ0) is 21.3. The Balaban J connectivity index is 1.90. The van der Waals surface area contributed by atoms with Crippen molar-refractivity contribution in [3.05, 3.63) is 73.6 Å². The highest BCUT2D eigenvalue weighted by Gasteiger charge is 2.17. The van der Waals surface area contributed by atoms with Crippen LogP contribution >= 0.6 is 23.2 Å². The molecule has 0 saturated heterocycles. The lowest BCUT2D eigenvalue weighted by Crippen LogP contribution is -2.23. The largest absolute Gasteiger partial charge is 0.508 e. The highest BCUT2D eigenvalue weighted by Crippen LogP contribution is 2.24. The van der Waals surface area contributed by atoms with Crippen molar-refractivity contribution in [2.45, 2.75) is 13.8 Å². The van der Waals surface area contributed by atoms with Crippen LogP contribution in [0.5, 0.6) is 11.5 Å². The lowest BCUT2D eigenvalue weighted by atomic mass is 10.2. The number of phenolic OH excluding ortho intramolecular Hbond substituents is 2.